The summed E-state index contributed by atoms with van der Waals surface area (Å²) in [5.41, 5.74) is 1.17. The van der Waals surface area contributed by atoms with Crippen LogP contribution in [0.25, 0.3) is 0 Å². The summed E-state index contributed by atoms with van der Waals surface area (Å²) in [4.78, 5) is 12.7. The van der Waals surface area contributed by atoms with Gasteiger partial charge in [-0.2, -0.15) is 25.9 Å². The van der Waals surface area contributed by atoms with Crippen molar-refractivity contribution >= 4 is 33.8 Å². The highest BCUT2D eigenvalue weighted by atomic mass is 35.5. The fourth-order valence-electron chi connectivity index (χ4n) is 2.24. The van der Waals surface area contributed by atoms with Gasteiger partial charge in [-0.05, 0) is 54.5 Å². The van der Waals surface area contributed by atoms with E-state index in [9.17, 15) is 0 Å². The number of nitrogens with zero attached hydrogens (tertiary/aromatic N) is 3. The van der Waals surface area contributed by atoms with Gasteiger partial charge in [0, 0.05) is 0 Å². The van der Waals surface area contributed by atoms with E-state index in [1.165, 1.54) is 29.9 Å². The van der Waals surface area contributed by atoms with Crippen molar-refractivity contribution in [3.63, 3.8) is 0 Å². The number of nitrogens with two attached hydrogens (primary N) is 1. The lowest BCUT2D eigenvalue weighted by Crippen LogP contribution is -2.33. The number of rotatable bonds is 1. The van der Waals surface area contributed by atoms with Gasteiger partial charge in [0.25, 0.3) is 0 Å². The van der Waals surface area contributed by atoms with Crippen LogP contribution in [0.2, 0.25) is 0 Å². The van der Waals surface area contributed by atoms with E-state index in [0.29, 0.717) is 5.82 Å². The number of allylic oxidation sites excluding steroid dienone is 1. The molecule has 0 bridgehead atoms. The summed E-state index contributed by atoms with van der Waals surface area (Å²) in [5, 5.41) is 1.42. The van der Waals surface area contributed by atoms with E-state index in [2.05, 4.69) is 9.98 Å². The minimum Gasteiger partial charge on any atom is -0.198 e. The fourth-order valence-corrected chi connectivity index (χ4v) is 2.64. The van der Waals surface area contributed by atoms with Crippen molar-refractivity contribution < 1.29 is 4.94 Å². The quantitative estimate of drug-likeness (QED) is 0.596. The van der Waals surface area contributed by atoms with E-state index in [1.807, 2.05) is 0 Å². The van der Waals surface area contributed by atoms with Gasteiger partial charge < -0.3 is 0 Å². The van der Waals surface area contributed by atoms with Gasteiger partial charge in [0.2, 0.25) is 10.6 Å². The molecule has 0 aromatic carbocycles. The average molecular weight is 291 g/mol. The first-order valence-electron chi connectivity index (χ1n) is 6.09. The summed E-state index contributed by atoms with van der Waals surface area (Å²) in [6.07, 6.45) is 7.98. The molecule has 0 aromatic heterocycles. The van der Waals surface area contributed by atoms with Crippen LogP contribution in [-0.4, -0.2) is 15.7 Å². The predicted molar refractivity (Wildman–Crippen MR) is 73.0 cm³/mol. The zero-order valence-electron chi connectivity index (χ0n) is 10.0. The van der Waals surface area contributed by atoms with Crippen LogP contribution in [-0.2, 0) is 4.94 Å². The second-order valence-electron chi connectivity index (χ2n) is 4.36. The molecule has 100 valence electrons. The maximum Gasteiger partial charge on any atom is 0.233 e. The second-order valence-corrected chi connectivity index (χ2v) is 5.03. The maximum absolute atomic E-state index is 5.94. The lowest BCUT2D eigenvalue weighted by Gasteiger charge is -2.25. The molecule has 1 aliphatic carbocycles. The number of hydrogen-bond donors (Lipinski definition) is 1. The van der Waals surface area contributed by atoms with Gasteiger partial charge in [-0.25, -0.2) is 0 Å². The van der Waals surface area contributed by atoms with Gasteiger partial charge in [0.15, 0.2) is 5.82 Å². The second kappa shape index (κ2) is 6.52. The molecule has 1 aliphatic heterocycles. The summed E-state index contributed by atoms with van der Waals surface area (Å²) in [5.74, 6) is 5.81. The molecular formula is C11H16Cl2N4O. The minimum atomic E-state index is 0.0852. The molecule has 1 fully saturated rings. The Labute approximate surface area is 116 Å². The zero-order chi connectivity index (χ0) is 13.0. The smallest absolute Gasteiger partial charge is 0.198 e. The van der Waals surface area contributed by atoms with Crippen LogP contribution >= 0.6 is 23.2 Å². The molecular weight excluding hydrogens is 275 g/mol. The van der Waals surface area contributed by atoms with Gasteiger partial charge in [0.05, 0.1) is 0 Å². The van der Waals surface area contributed by atoms with E-state index in [1.54, 1.807) is 0 Å². The van der Waals surface area contributed by atoms with Crippen LogP contribution < -0.4 is 5.90 Å². The van der Waals surface area contributed by atoms with Gasteiger partial charge in [-0.1, -0.05) is 19.3 Å². The number of amidine groups is 2. The molecule has 18 heavy (non-hydrogen) atoms. The molecule has 0 aromatic rings. The fraction of sp³-hybridized carbons (Fsp3) is 0.636. The Hall–Kier alpha value is -0.620. The summed E-state index contributed by atoms with van der Waals surface area (Å²) in [6, 6.07) is 0. The van der Waals surface area contributed by atoms with Crippen molar-refractivity contribution in [1.82, 2.24) is 5.06 Å². The van der Waals surface area contributed by atoms with Crippen LogP contribution in [0.15, 0.2) is 21.4 Å². The third-order valence-corrected chi connectivity index (χ3v) is 3.53. The van der Waals surface area contributed by atoms with E-state index in [-0.39, 0.29) is 10.6 Å². The summed E-state index contributed by atoms with van der Waals surface area (Å²) >= 11 is 11.8. The normalized spacial score (nSPS) is 22.3. The van der Waals surface area contributed by atoms with Gasteiger partial charge in [0.1, 0.15) is 0 Å². The largest absolute Gasteiger partial charge is 0.233 e. The van der Waals surface area contributed by atoms with Crippen LogP contribution in [0.5, 0.6) is 0 Å². The zero-order valence-corrected chi connectivity index (χ0v) is 11.5. The summed E-state index contributed by atoms with van der Waals surface area (Å²) in [6.45, 7) is 0. The van der Waals surface area contributed by atoms with Crippen molar-refractivity contribution in [2.24, 2.45) is 15.9 Å². The lowest BCUT2D eigenvalue weighted by molar-refractivity contribution is -0.0753. The number of hydrogen-bond acceptors (Lipinski definition) is 5. The number of halogens is 2. The van der Waals surface area contributed by atoms with Crippen LogP contribution in [0.1, 0.15) is 44.9 Å². The average Bonchev–Trinajstić information content (AvgIpc) is 2.27. The molecule has 7 heteroatoms. The molecule has 0 unspecified atom stereocenters. The minimum absolute atomic E-state index is 0.0852. The Bertz CT molecular complexity index is 396. The third kappa shape index (κ3) is 3.23. The summed E-state index contributed by atoms with van der Waals surface area (Å²) < 4.78 is 0. The first kappa shape index (κ1) is 13.8. The van der Waals surface area contributed by atoms with E-state index in [4.69, 9.17) is 34.0 Å². The van der Waals surface area contributed by atoms with E-state index in [0.717, 1.165) is 25.7 Å². The highest BCUT2D eigenvalue weighted by Gasteiger charge is 2.24. The Kier molecular flexibility index (Phi) is 5.00. The molecule has 0 atom stereocenters. The van der Waals surface area contributed by atoms with Crippen LogP contribution in [0, 0.1) is 0 Å². The van der Waals surface area contributed by atoms with E-state index >= 15 is 0 Å². The summed E-state index contributed by atoms with van der Waals surface area (Å²) in [7, 11) is 0. The highest BCUT2D eigenvalue weighted by Crippen LogP contribution is 2.29. The first-order valence-corrected chi connectivity index (χ1v) is 6.85. The lowest BCUT2D eigenvalue weighted by atomic mass is 9.96. The number of aliphatic imine (C=N–C) groups is 2. The third-order valence-electron chi connectivity index (χ3n) is 3.12. The first-order chi connectivity index (χ1) is 8.72. The van der Waals surface area contributed by atoms with Crippen LogP contribution in [0.3, 0.4) is 0 Å². The van der Waals surface area contributed by atoms with Gasteiger partial charge in [-0.3, -0.25) is 0 Å². The van der Waals surface area contributed by atoms with Gasteiger partial charge >= 0.3 is 0 Å². The molecule has 0 amide bonds. The molecule has 1 saturated carbocycles. The topological polar surface area (TPSA) is 63.2 Å². The molecule has 0 radical (unpaired) electrons. The molecule has 5 nitrogen and oxygen atoms in total. The van der Waals surface area contributed by atoms with Crippen molar-refractivity contribution in [3.05, 3.63) is 11.4 Å². The molecule has 2 N–H and O–H groups in total. The van der Waals surface area contributed by atoms with Gasteiger partial charge in [-0.15, -0.1) is 0 Å². The van der Waals surface area contributed by atoms with E-state index < -0.39 is 0 Å². The van der Waals surface area contributed by atoms with Crippen molar-refractivity contribution in [2.75, 3.05) is 0 Å². The molecule has 1 heterocycles. The Morgan fingerprint density at radius 2 is 1.61 bits per heavy atom. The predicted octanol–water partition coefficient (Wildman–Crippen LogP) is 3.25. The molecule has 2 aliphatic rings. The van der Waals surface area contributed by atoms with Crippen LogP contribution in [0.4, 0.5) is 0 Å². The maximum atomic E-state index is 5.94. The molecule has 2 rings (SSSR count). The Balaban J connectivity index is 2.29. The monoisotopic (exact) mass is 290 g/mol. The molecule has 0 spiro atoms. The Morgan fingerprint density at radius 3 is 2.22 bits per heavy atom. The standard InChI is InChI=1S/C11H16Cl2N4O/c12-10-15-9(17(18-14)11(13)16-10)8-6-4-2-1-3-5-7-8/h1-7,14H2. The molecule has 0 saturated heterocycles. The Morgan fingerprint density at radius 1 is 1.00 bits per heavy atom. The number of hydroxylamine groups is 2. The van der Waals surface area contributed by atoms with Crippen molar-refractivity contribution in [3.8, 4) is 0 Å². The van der Waals surface area contributed by atoms with Crippen molar-refractivity contribution in [2.45, 2.75) is 44.9 Å². The highest BCUT2D eigenvalue weighted by molar-refractivity contribution is 6.71. The SMILES string of the molecule is NON1C(Cl)=NC(Cl)=NC1=C1CCCCCCC1. The van der Waals surface area contributed by atoms with Crippen molar-refractivity contribution in [1.29, 1.82) is 0 Å².